The van der Waals surface area contributed by atoms with Crippen LogP contribution in [0, 0.1) is 0 Å². The molecule has 2 heteroatoms. The molecule has 2 nitrogen and oxygen atoms in total. The molecule has 0 amide bonds. The molecule has 0 saturated heterocycles. The van der Waals surface area contributed by atoms with Crippen molar-refractivity contribution in [3.8, 4) is 0 Å². The number of aliphatic carboxylic acids is 1. The molecule has 0 aliphatic rings. The number of carbonyl (C=O) groups is 1. The summed E-state index contributed by atoms with van der Waals surface area (Å²) in [6.45, 7) is 2.27. The molecule has 0 heterocycles. The van der Waals surface area contributed by atoms with E-state index in [2.05, 4.69) is 19.1 Å². The summed E-state index contributed by atoms with van der Waals surface area (Å²) in [4.78, 5) is 10.4. The van der Waals surface area contributed by atoms with Crippen LogP contribution in [-0.4, -0.2) is 11.1 Å². The summed E-state index contributed by atoms with van der Waals surface area (Å²) in [5.74, 6) is -0.659. The van der Waals surface area contributed by atoms with Gasteiger partial charge in [0.1, 0.15) is 0 Å². The normalized spacial score (nSPS) is 11.3. The van der Waals surface area contributed by atoms with Gasteiger partial charge in [-0.3, -0.25) is 4.79 Å². The molecule has 0 fully saturated rings. The summed E-state index contributed by atoms with van der Waals surface area (Å²) in [7, 11) is 0. The van der Waals surface area contributed by atoms with E-state index < -0.39 is 5.97 Å². The third-order valence-electron chi connectivity index (χ3n) is 4.15. The Morgan fingerprint density at radius 2 is 1.09 bits per heavy atom. The van der Waals surface area contributed by atoms with E-state index in [4.69, 9.17) is 5.11 Å². The lowest BCUT2D eigenvalue weighted by Crippen LogP contribution is -1.93. The molecule has 0 unspecified atom stereocenters. The van der Waals surface area contributed by atoms with Crippen LogP contribution in [0.2, 0.25) is 0 Å². The third kappa shape index (κ3) is 19.2. The summed E-state index contributed by atoms with van der Waals surface area (Å²) in [5, 5.41) is 8.53. The van der Waals surface area contributed by atoms with Gasteiger partial charge in [0.2, 0.25) is 0 Å². The molecule has 0 saturated carbocycles. The van der Waals surface area contributed by atoms with Gasteiger partial charge in [0, 0.05) is 6.42 Å². The van der Waals surface area contributed by atoms with Gasteiger partial charge < -0.3 is 5.11 Å². The lowest BCUT2D eigenvalue weighted by atomic mass is 10.1. The van der Waals surface area contributed by atoms with Crippen LogP contribution in [0.5, 0.6) is 0 Å². The van der Waals surface area contributed by atoms with Gasteiger partial charge in [-0.1, -0.05) is 83.3 Å². The van der Waals surface area contributed by atoms with Gasteiger partial charge in [0.25, 0.3) is 0 Å². The van der Waals surface area contributed by atoms with Gasteiger partial charge in [-0.15, -0.1) is 0 Å². The number of hydrogen-bond donors (Lipinski definition) is 1. The maximum Gasteiger partial charge on any atom is 0.303 e. The minimum Gasteiger partial charge on any atom is -0.481 e. The smallest absolute Gasteiger partial charge is 0.303 e. The van der Waals surface area contributed by atoms with E-state index >= 15 is 0 Å². The first-order valence-corrected chi connectivity index (χ1v) is 9.64. The average Bonchev–Trinajstić information content (AvgIpc) is 2.50. The van der Waals surface area contributed by atoms with Gasteiger partial charge in [-0.25, -0.2) is 0 Å². The first-order valence-electron chi connectivity index (χ1n) is 9.64. The third-order valence-corrected chi connectivity index (χ3v) is 4.15. The highest BCUT2D eigenvalue weighted by Gasteiger charge is 1.96. The van der Waals surface area contributed by atoms with Crippen LogP contribution in [0.15, 0.2) is 12.2 Å². The van der Waals surface area contributed by atoms with Crippen LogP contribution in [0.25, 0.3) is 0 Å². The number of unbranched alkanes of at least 4 members (excludes halogenated alkanes) is 13. The van der Waals surface area contributed by atoms with Crippen molar-refractivity contribution in [2.24, 2.45) is 0 Å². The molecule has 0 atom stereocenters. The highest BCUT2D eigenvalue weighted by Crippen LogP contribution is 2.11. The second-order valence-corrected chi connectivity index (χ2v) is 6.44. The monoisotopic (exact) mass is 310 g/mol. The van der Waals surface area contributed by atoms with E-state index in [1.165, 1.54) is 83.5 Å². The van der Waals surface area contributed by atoms with E-state index in [-0.39, 0.29) is 0 Å². The molecule has 22 heavy (non-hydrogen) atoms. The van der Waals surface area contributed by atoms with Crippen molar-refractivity contribution in [3.05, 3.63) is 12.2 Å². The molecular formula is C20H38O2. The Bertz CT molecular complexity index is 258. The van der Waals surface area contributed by atoms with Gasteiger partial charge in [0.05, 0.1) is 0 Å². The van der Waals surface area contributed by atoms with Crippen LogP contribution < -0.4 is 0 Å². The SMILES string of the molecule is CCCCCCCC/C=C/CCCCCCCCCC(=O)O. The summed E-state index contributed by atoms with van der Waals surface area (Å²) >= 11 is 0. The van der Waals surface area contributed by atoms with Crippen molar-refractivity contribution in [3.63, 3.8) is 0 Å². The molecule has 0 aliphatic carbocycles. The Hall–Kier alpha value is -0.790. The Labute approximate surface area is 138 Å². The molecule has 0 aliphatic heterocycles. The highest BCUT2D eigenvalue weighted by molar-refractivity contribution is 5.66. The van der Waals surface area contributed by atoms with Crippen LogP contribution >= 0.6 is 0 Å². The second-order valence-electron chi connectivity index (χ2n) is 6.44. The van der Waals surface area contributed by atoms with Crippen molar-refractivity contribution in [2.45, 2.75) is 110 Å². The fourth-order valence-corrected chi connectivity index (χ4v) is 2.70. The standard InChI is InChI=1S/C20H38O2/c1-2-3-4-5-6-7-8-9-10-11-12-13-14-15-16-17-18-19-20(21)22/h9-10H,2-8,11-19H2,1H3,(H,21,22)/b10-9+. The van der Waals surface area contributed by atoms with Crippen LogP contribution in [0.1, 0.15) is 110 Å². The Balaban J connectivity index is 3.06. The van der Waals surface area contributed by atoms with Crippen molar-refractivity contribution in [1.82, 2.24) is 0 Å². The number of carboxylic acid groups (broad SMARTS) is 1. The lowest BCUT2D eigenvalue weighted by molar-refractivity contribution is -0.137. The topological polar surface area (TPSA) is 37.3 Å². The van der Waals surface area contributed by atoms with Gasteiger partial charge >= 0.3 is 5.97 Å². The zero-order chi connectivity index (χ0) is 16.3. The van der Waals surface area contributed by atoms with E-state index in [1.807, 2.05) is 0 Å². The Kier molecular flexibility index (Phi) is 17.6. The van der Waals surface area contributed by atoms with E-state index in [9.17, 15) is 4.79 Å². The van der Waals surface area contributed by atoms with E-state index in [0.717, 1.165) is 12.8 Å². The molecule has 1 N–H and O–H groups in total. The van der Waals surface area contributed by atoms with Gasteiger partial charge in [0.15, 0.2) is 0 Å². The molecule has 0 bridgehead atoms. The quantitative estimate of drug-likeness (QED) is 0.234. The highest BCUT2D eigenvalue weighted by atomic mass is 16.4. The molecular weight excluding hydrogens is 272 g/mol. The molecule has 0 aromatic rings. The molecule has 0 spiro atoms. The van der Waals surface area contributed by atoms with Crippen LogP contribution in [-0.2, 0) is 4.79 Å². The zero-order valence-corrected chi connectivity index (χ0v) is 14.8. The number of carboxylic acids is 1. The molecule has 0 radical (unpaired) electrons. The van der Waals surface area contributed by atoms with Gasteiger partial charge in [-0.05, 0) is 32.1 Å². The van der Waals surface area contributed by atoms with Crippen LogP contribution in [0.3, 0.4) is 0 Å². The predicted molar refractivity (Wildman–Crippen MR) is 96.3 cm³/mol. The minimum absolute atomic E-state index is 0.337. The largest absolute Gasteiger partial charge is 0.481 e. The summed E-state index contributed by atoms with van der Waals surface area (Å²) in [6, 6.07) is 0. The Morgan fingerprint density at radius 3 is 1.55 bits per heavy atom. The van der Waals surface area contributed by atoms with Crippen molar-refractivity contribution in [1.29, 1.82) is 0 Å². The maximum absolute atomic E-state index is 10.4. The molecule has 130 valence electrons. The van der Waals surface area contributed by atoms with E-state index in [0.29, 0.717) is 6.42 Å². The van der Waals surface area contributed by atoms with Crippen molar-refractivity contribution < 1.29 is 9.90 Å². The summed E-state index contributed by atoms with van der Waals surface area (Å²) in [6.07, 6.45) is 24.2. The lowest BCUT2D eigenvalue weighted by Gasteiger charge is -2.00. The number of rotatable bonds is 17. The Morgan fingerprint density at radius 1 is 0.682 bits per heavy atom. The fourth-order valence-electron chi connectivity index (χ4n) is 2.70. The van der Waals surface area contributed by atoms with Crippen LogP contribution in [0.4, 0.5) is 0 Å². The molecule has 0 rings (SSSR count). The zero-order valence-electron chi connectivity index (χ0n) is 14.8. The summed E-state index contributed by atoms with van der Waals surface area (Å²) in [5.41, 5.74) is 0. The predicted octanol–water partition coefficient (Wildman–Crippen LogP) is 6.89. The number of allylic oxidation sites excluding steroid dienone is 2. The molecule has 0 aromatic heterocycles. The van der Waals surface area contributed by atoms with Crippen molar-refractivity contribution in [2.75, 3.05) is 0 Å². The van der Waals surface area contributed by atoms with Gasteiger partial charge in [-0.2, -0.15) is 0 Å². The number of hydrogen-bond acceptors (Lipinski definition) is 1. The maximum atomic E-state index is 10.4. The first kappa shape index (κ1) is 21.2. The average molecular weight is 311 g/mol. The summed E-state index contributed by atoms with van der Waals surface area (Å²) < 4.78 is 0. The van der Waals surface area contributed by atoms with Crippen molar-refractivity contribution >= 4 is 5.97 Å². The minimum atomic E-state index is -0.659. The fraction of sp³-hybridized carbons (Fsp3) is 0.850. The van der Waals surface area contributed by atoms with E-state index in [1.54, 1.807) is 0 Å². The first-order chi connectivity index (χ1) is 10.8. The second kappa shape index (κ2) is 18.3. The molecule has 0 aromatic carbocycles.